The van der Waals surface area contributed by atoms with E-state index in [1.54, 1.807) is 31.4 Å². The minimum Gasteiger partial charge on any atom is -0.497 e. The Morgan fingerprint density at radius 1 is 1.27 bits per heavy atom. The first kappa shape index (κ1) is 26.7. The van der Waals surface area contributed by atoms with E-state index in [2.05, 4.69) is 20.9 Å². The van der Waals surface area contributed by atoms with Crippen molar-refractivity contribution in [2.24, 2.45) is 4.99 Å². The highest BCUT2D eigenvalue weighted by Gasteiger charge is 2.26. The Balaban J connectivity index is 0.00000450. The van der Waals surface area contributed by atoms with Crippen LogP contribution in [0.25, 0.3) is 0 Å². The van der Waals surface area contributed by atoms with E-state index in [4.69, 9.17) is 4.74 Å². The van der Waals surface area contributed by atoms with Gasteiger partial charge in [-0.1, -0.05) is 19.4 Å². The first-order valence-electron chi connectivity index (χ1n) is 10.4. The van der Waals surface area contributed by atoms with Crippen molar-refractivity contribution in [3.63, 3.8) is 0 Å². The molecule has 3 N–H and O–H groups in total. The number of methoxy groups -OCH3 is 1. The van der Waals surface area contributed by atoms with Gasteiger partial charge in [0, 0.05) is 46.5 Å². The number of nitrogens with zero attached hydrogens (tertiary/aromatic N) is 1. The number of aliphatic imine (C=N–C) groups is 1. The molecule has 1 aliphatic rings. The minimum absolute atomic E-state index is 0. The van der Waals surface area contributed by atoms with Crippen LogP contribution in [0.15, 0.2) is 29.3 Å². The molecule has 7 nitrogen and oxygen atoms in total. The van der Waals surface area contributed by atoms with Crippen LogP contribution in [0.3, 0.4) is 0 Å². The van der Waals surface area contributed by atoms with Crippen LogP contribution in [0.1, 0.15) is 49.9 Å². The number of hydrogen-bond donors (Lipinski definition) is 3. The summed E-state index contributed by atoms with van der Waals surface area (Å²) in [5, 5.41) is 9.89. The van der Waals surface area contributed by atoms with E-state index in [-0.39, 0.29) is 41.2 Å². The number of carbonyl (C=O) groups excluding carboxylic acids is 1. The molecule has 1 amide bonds. The maximum atomic E-state index is 12.3. The summed E-state index contributed by atoms with van der Waals surface area (Å²) in [7, 11) is 0.837. The van der Waals surface area contributed by atoms with E-state index in [9.17, 15) is 9.00 Å². The molecule has 0 saturated heterocycles. The highest BCUT2D eigenvalue weighted by molar-refractivity contribution is 14.0. The van der Waals surface area contributed by atoms with Crippen molar-refractivity contribution in [2.75, 3.05) is 32.5 Å². The summed E-state index contributed by atoms with van der Waals surface area (Å²) in [6.07, 6.45) is 4.11. The van der Waals surface area contributed by atoms with Gasteiger partial charge < -0.3 is 20.7 Å². The van der Waals surface area contributed by atoms with Gasteiger partial charge in [0.05, 0.1) is 13.7 Å². The van der Waals surface area contributed by atoms with Gasteiger partial charge in [0.2, 0.25) is 0 Å². The van der Waals surface area contributed by atoms with Gasteiger partial charge in [-0.2, -0.15) is 0 Å². The van der Waals surface area contributed by atoms with Crippen molar-refractivity contribution in [3.8, 4) is 5.75 Å². The number of ether oxygens (including phenoxy) is 1. The number of hydrogen-bond acceptors (Lipinski definition) is 4. The average Bonchev–Trinajstić information content (AvgIpc) is 2.76. The van der Waals surface area contributed by atoms with E-state index in [0.29, 0.717) is 24.4 Å². The van der Waals surface area contributed by atoms with Crippen LogP contribution in [-0.4, -0.2) is 59.9 Å². The molecule has 0 spiro atoms. The number of guanidine groups is 1. The van der Waals surface area contributed by atoms with Gasteiger partial charge >= 0.3 is 0 Å². The van der Waals surface area contributed by atoms with Gasteiger partial charge in [0.1, 0.15) is 5.75 Å². The minimum atomic E-state index is -0.742. The third kappa shape index (κ3) is 8.79. The van der Waals surface area contributed by atoms with E-state index >= 15 is 0 Å². The van der Waals surface area contributed by atoms with E-state index in [1.807, 2.05) is 13.8 Å². The molecule has 1 saturated carbocycles. The molecule has 2 rings (SSSR count). The van der Waals surface area contributed by atoms with Crippen molar-refractivity contribution in [2.45, 2.75) is 50.8 Å². The van der Waals surface area contributed by atoms with Gasteiger partial charge in [-0.25, -0.2) is 0 Å². The van der Waals surface area contributed by atoms with Gasteiger partial charge in [-0.3, -0.25) is 14.0 Å². The number of amides is 1. The van der Waals surface area contributed by atoms with E-state index in [1.165, 1.54) is 0 Å². The summed E-state index contributed by atoms with van der Waals surface area (Å²) < 4.78 is 17.3. The molecule has 1 fully saturated rings. The second-order valence-corrected chi connectivity index (χ2v) is 9.05. The van der Waals surface area contributed by atoms with Crippen LogP contribution in [-0.2, 0) is 10.8 Å². The molecule has 3 unspecified atom stereocenters. The zero-order chi connectivity index (χ0) is 21.1. The van der Waals surface area contributed by atoms with Gasteiger partial charge in [-0.15, -0.1) is 24.0 Å². The predicted molar refractivity (Wildman–Crippen MR) is 135 cm³/mol. The molecule has 0 heterocycles. The Morgan fingerprint density at radius 2 is 2.07 bits per heavy atom. The maximum Gasteiger partial charge on any atom is 0.251 e. The summed E-state index contributed by atoms with van der Waals surface area (Å²) in [4.78, 5) is 16.8. The van der Waals surface area contributed by atoms with Crippen molar-refractivity contribution in [1.82, 2.24) is 16.0 Å². The Morgan fingerprint density at radius 3 is 2.77 bits per heavy atom. The smallest absolute Gasteiger partial charge is 0.251 e. The molecule has 1 aromatic rings. The zero-order valence-electron chi connectivity index (χ0n) is 18.1. The average molecular weight is 551 g/mol. The Kier molecular flexibility index (Phi) is 13.0. The summed E-state index contributed by atoms with van der Waals surface area (Å²) >= 11 is 0. The van der Waals surface area contributed by atoms with Crippen LogP contribution in [0, 0.1) is 0 Å². The molecule has 170 valence electrons. The van der Waals surface area contributed by atoms with E-state index in [0.717, 1.165) is 43.9 Å². The Bertz CT molecular complexity index is 717. The zero-order valence-corrected chi connectivity index (χ0v) is 21.3. The van der Waals surface area contributed by atoms with E-state index < -0.39 is 10.8 Å². The molecule has 3 atom stereocenters. The third-order valence-corrected chi connectivity index (χ3v) is 6.71. The molecular weight excluding hydrogens is 515 g/mol. The lowest BCUT2D eigenvalue weighted by atomic mass is 9.95. The van der Waals surface area contributed by atoms with Crippen LogP contribution in [0.2, 0.25) is 0 Å². The van der Waals surface area contributed by atoms with Crippen LogP contribution in [0.4, 0.5) is 0 Å². The summed E-state index contributed by atoms with van der Waals surface area (Å²) in [6.45, 7) is 5.69. The number of halogens is 1. The molecule has 0 radical (unpaired) electrons. The van der Waals surface area contributed by atoms with Crippen molar-refractivity contribution >= 4 is 46.6 Å². The molecule has 0 aliphatic heterocycles. The molecule has 0 aromatic heterocycles. The molecule has 9 heteroatoms. The topological polar surface area (TPSA) is 91.8 Å². The maximum absolute atomic E-state index is 12.3. The van der Waals surface area contributed by atoms with Crippen molar-refractivity contribution in [3.05, 3.63) is 29.8 Å². The Hall–Kier alpha value is -1.36. The second-order valence-electron chi connectivity index (χ2n) is 7.05. The lowest BCUT2D eigenvalue weighted by Gasteiger charge is -2.30. The summed E-state index contributed by atoms with van der Waals surface area (Å²) in [6, 6.07) is 7.35. The monoisotopic (exact) mass is 550 g/mol. The highest BCUT2D eigenvalue weighted by Crippen LogP contribution is 2.23. The molecular formula is C21H35IN4O3S. The normalized spacial score (nSPS) is 19.9. The second kappa shape index (κ2) is 14.6. The quantitative estimate of drug-likeness (QED) is 0.190. The van der Waals surface area contributed by atoms with Gasteiger partial charge in [0.15, 0.2) is 5.96 Å². The SMILES string of the molecule is CCNC(=NCCNC(=O)c1cccc(OC)c1)NC1CCCC(S(=O)CC)C1.I. The molecule has 30 heavy (non-hydrogen) atoms. The Labute approximate surface area is 199 Å². The van der Waals surface area contributed by atoms with Crippen LogP contribution >= 0.6 is 24.0 Å². The largest absolute Gasteiger partial charge is 0.497 e. The fourth-order valence-corrected chi connectivity index (χ4v) is 4.82. The predicted octanol–water partition coefficient (Wildman–Crippen LogP) is 2.68. The van der Waals surface area contributed by atoms with Crippen LogP contribution < -0.4 is 20.7 Å². The van der Waals surface area contributed by atoms with Crippen LogP contribution in [0.5, 0.6) is 5.75 Å². The number of rotatable bonds is 9. The standard InChI is InChI=1S/C21H34N4O3S.HI/c1-4-22-21(25-17-9-7-11-19(15-17)29(27)5-2)24-13-12-23-20(26)16-8-6-10-18(14-16)28-3;/h6,8,10,14,17,19H,4-5,7,9,11-13,15H2,1-3H3,(H,23,26)(H2,22,24,25);1H. The third-order valence-electron chi connectivity index (χ3n) is 4.97. The number of carbonyl (C=O) groups is 1. The first-order chi connectivity index (χ1) is 14.1. The van der Waals surface area contributed by atoms with Gasteiger partial charge in [0.25, 0.3) is 5.91 Å². The lowest BCUT2D eigenvalue weighted by Crippen LogP contribution is -2.47. The fourth-order valence-electron chi connectivity index (χ4n) is 3.47. The number of benzene rings is 1. The fraction of sp³-hybridized carbons (Fsp3) is 0.619. The first-order valence-corrected chi connectivity index (χ1v) is 11.8. The number of nitrogens with one attached hydrogen (secondary N) is 3. The highest BCUT2D eigenvalue weighted by atomic mass is 127. The molecule has 1 aromatic carbocycles. The molecule has 0 bridgehead atoms. The molecule has 1 aliphatic carbocycles. The summed E-state index contributed by atoms with van der Waals surface area (Å²) in [5.41, 5.74) is 0.565. The van der Waals surface area contributed by atoms with Crippen molar-refractivity contribution < 1.29 is 13.7 Å². The lowest BCUT2D eigenvalue weighted by molar-refractivity contribution is 0.0954. The summed E-state index contributed by atoms with van der Waals surface area (Å²) in [5.74, 6) is 1.98. The van der Waals surface area contributed by atoms with Crippen molar-refractivity contribution in [1.29, 1.82) is 0 Å². The van der Waals surface area contributed by atoms with Gasteiger partial charge in [-0.05, 0) is 44.4 Å².